The summed E-state index contributed by atoms with van der Waals surface area (Å²) in [5.41, 5.74) is 0.957. The van der Waals surface area contributed by atoms with E-state index in [4.69, 9.17) is 4.74 Å². The molecule has 1 saturated heterocycles. The standard InChI is InChI=1S/C14H21N3O3S/c1-9(2)11-7-20-14(19)17(11)6-13(18)16(4)5-12-15-10(3)8-21-12/h8-9,11H,5-7H2,1-4H3. The molecule has 7 heteroatoms. The predicted octanol–water partition coefficient (Wildman–Crippen LogP) is 1.89. The Hall–Kier alpha value is -1.63. The molecule has 0 radical (unpaired) electrons. The molecule has 1 aromatic heterocycles. The van der Waals surface area contributed by atoms with Crippen LogP contribution in [0.1, 0.15) is 24.5 Å². The van der Waals surface area contributed by atoms with Gasteiger partial charge in [0.1, 0.15) is 18.2 Å². The van der Waals surface area contributed by atoms with Crippen molar-refractivity contribution in [3.63, 3.8) is 0 Å². The van der Waals surface area contributed by atoms with Crippen molar-refractivity contribution >= 4 is 23.3 Å². The zero-order chi connectivity index (χ0) is 15.6. The monoisotopic (exact) mass is 311 g/mol. The van der Waals surface area contributed by atoms with Gasteiger partial charge in [-0.25, -0.2) is 9.78 Å². The maximum Gasteiger partial charge on any atom is 0.410 e. The Kier molecular flexibility index (Phi) is 4.82. The molecule has 1 aliphatic rings. The third kappa shape index (κ3) is 3.72. The first-order valence-electron chi connectivity index (χ1n) is 6.97. The van der Waals surface area contributed by atoms with Gasteiger partial charge in [0.25, 0.3) is 0 Å². The van der Waals surface area contributed by atoms with E-state index in [-0.39, 0.29) is 24.4 Å². The maximum absolute atomic E-state index is 12.3. The molecule has 0 bridgehead atoms. The fourth-order valence-electron chi connectivity index (χ4n) is 2.23. The highest BCUT2D eigenvalue weighted by molar-refractivity contribution is 7.09. The number of rotatable bonds is 5. The highest BCUT2D eigenvalue weighted by Gasteiger charge is 2.36. The molecule has 0 aliphatic carbocycles. The fourth-order valence-corrected chi connectivity index (χ4v) is 3.06. The van der Waals surface area contributed by atoms with Crippen molar-refractivity contribution in [3.05, 3.63) is 16.1 Å². The van der Waals surface area contributed by atoms with Crippen LogP contribution in [-0.2, 0) is 16.1 Å². The van der Waals surface area contributed by atoms with Crippen molar-refractivity contribution in [1.29, 1.82) is 0 Å². The second-order valence-corrected chi connectivity index (χ2v) is 6.59. The number of aryl methyl sites for hydroxylation is 1. The van der Waals surface area contributed by atoms with Crippen LogP contribution in [0.25, 0.3) is 0 Å². The first-order valence-corrected chi connectivity index (χ1v) is 7.84. The minimum Gasteiger partial charge on any atom is -0.447 e. The highest BCUT2D eigenvalue weighted by Crippen LogP contribution is 2.19. The number of cyclic esters (lactones) is 1. The van der Waals surface area contributed by atoms with E-state index in [0.29, 0.717) is 13.2 Å². The van der Waals surface area contributed by atoms with Crippen molar-refractivity contribution < 1.29 is 14.3 Å². The summed E-state index contributed by atoms with van der Waals surface area (Å²) < 4.78 is 5.05. The van der Waals surface area contributed by atoms with Crippen LogP contribution in [0.2, 0.25) is 0 Å². The van der Waals surface area contributed by atoms with E-state index in [9.17, 15) is 9.59 Å². The molecular formula is C14H21N3O3S. The molecule has 1 aromatic rings. The first-order chi connectivity index (χ1) is 9.88. The van der Waals surface area contributed by atoms with Crippen LogP contribution in [-0.4, -0.2) is 53.0 Å². The van der Waals surface area contributed by atoms with Gasteiger partial charge in [-0.1, -0.05) is 13.8 Å². The number of hydrogen-bond acceptors (Lipinski definition) is 5. The molecule has 0 aromatic carbocycles. The summed E-state index contributed by atoms with van der Waals surface area (Å²) in [6.45, 7) is 6.85. The van der Waals surface area contributed by atoms with Gasteiger partial charge in [0.2, 0.25) is 5.91 Å². The van der Waals surface area contributed by atoms with Gasteiger partial charge in [-0.3, -0.25) is 9.69 Å². The molecule has 6 nitrogen and oxygen atoms in total. The van der Waals surface area contributed by atoms with Gasteiger partial charge in [-0.05, 0) is 12.8 Å². The maximum atomic E-state index is 12.3. The van der Waals surface area contributed by atoms with Crippen LogP contribution in [0.3, 0.4) is 0 Å². The average Bonchev–Trinajstić information content (AvgIpc) is 2.97. The highest BCUT2D eigenvalue weighted by atomic mass is 32.1. The number of carbonyl (C=O) groups excluding carboxylic acids is 2. The summed E-state index contributed by atoms with van der Waals surface area (Å²) in [6.07, 6.45) is -0.402. The number of aromatic nitrogens is 1. The summed E-state index contributed by atoms with van der Waals surface area (Å²) in [7, 11) is 1.73. The molecule has 0 spiro atoms. The Balaban J connectivity index is 1.95. The Morgan fingerprint density at radius 1 is 1.62 bits per heavy atom. The minimum absolute atomic E-state index is 0.0306. The van der Waals surface area contributed by atoms with Crippen LogP contribution in [0.5, 0.6) is 0 Å². The molecule has 2 rings (SSSR count). The normalized spacial score (nSPS) is 18.2. The summed E-state index contributed by atoms with van der Waals surface area (Å²) in [4.78, 5) is 31.5. The number of likely N-dealkylation sites (N-methyl/N-ethyl adjacent to an activating group) is 1. The average molecular weight is 311 g/mol. The summed E-state index contributed by atoms with van der Waals surface area (Å²) in [6, 6.07) is -0.0306. The lowest BCUT2D eigenvalue weighted by atomic mass is 10.0. The molecule has 1 aliphatic heterocycles. The number of hydrogen-bond donors (Lipinski definition) is 0. The molecule has 1 unspecified atom stereocenters. The van der Waals surface area contributed by atoms with Gasteiger partial charge in [-0.15, -0.1) is 11.3 Å². The van der Waals surface area contributed by atoms with Crippen LogP contribution < -0.4 is 0 Å². The number of nitrogens with zero attached hydrogens (tertiary/aromatic N) is 3. The smallest absolute Gasteiger partial charge is 0.410 e. The summed E-state index contributed by atoms with van der Waals surface area (Å²) in [5, 5.41) is 2.85. The van der Waals surface area contributed by atoms with Gasteiger partial charge in [0.15, 0.2) is 0 Å². The van der Waals surface area contributed by atoms with E-state index in [0.717, 1.165) is 10.7 Å². The lowest BCUT2D eigenvalue weighted by Gasteiger charge is -2.25. The first kappa shape index (κ1) is 15.8. The molecule has 2 heterocycles. The van der Waals surface area contributed by atoms with E-state index < -0.39 is 6.09 Å². The Morgan fingerprint density at radius 3 is 2.90 bits per heavy atom. The van der Waals surface area contributed by atoms with Crippen molar-refractivity contribution in [2.24, 2.45) is 5.92 Å². The Labute approximate surface area is 128 Å². The van der Waals surface area contributed by atoms with Gasteiger partial charge in [0, 0.05) is 18.1 Å². The molecule has 1 fully saturated rings. The molecule has 116 valence electrons. The van der Waals surface area contributed by atoms with Gasteiger partial charge >= 0.3 is 6.09 Å². The van der Waals surface area contributed by atoms with E-state index in [2.05, 4.69) is 4.98 Å². The van der Waals surface area contributed by atoms with Gasteiger partial charge < -0.3 is 9.64 Å². The number of thiazole rings is 1. The predicted molar refractivity (Wildman–Crippen MR) is 80.0 cm³/mol. The lowest BCUT2D eigenvalue weighted by Crippen LogP contribution is -2.44. The van der Waals surface area contributed by atoms with Gasteiger partial charge in [-0.2, -0.15) is 0 Å². The van der Waals surface area contributed by atoms with Crippen molar-refractivity contribution in [3.8, 4) is 0 Å². The minimum atomic E-state index is -0.402. The Bertz CT molecular complexity index is 529. The van der Waals surface area contributed by atoms with Crippen molar-refractivity contribution in [1.82, 2.24) is 14.8 Å². The molecular weight excluding hydrogens is 290 g/mol. The number of ether oxygens (including phenoxy) is 1. The SMILES string of the molecule is Cc1csc(CN(C)C(=O)CN2C(=O)OCC2C(C)C)n1. The van der Waals surface area contributed by atoms with E-state index in [1.165, 1.54) is 16.2 Å². The molecule has 1 atom stereocenters. The summed E-state index contributed by atoms with van der Waals surface area (Å²) in [5.74, 6) is 0.156. The number of carbonyl (C=O) groups is 2. The molecule has 2 amide bonds. The second kappa shape index (κ2) is 6.43. The van der Waals surface area contributed by atoms with E-state index in [1.54, 1.807) is 11.9 Å². The third-order valence-corrected chi connectivity index (χ3v) is 4.50. The fraction of sp³-hybridized carbons (Fsp3) is 0.643. The lowest BCUT2D eigenvalue weighted by molar-refractivity contribution is -0.131. The zero-order valence-electron chi connectivity index (χ0n) is 12.8. The van der Waals surface area contributed by atoms with Gasteiger partial charge in [0.05, 0.1) is 12.6 Å². The number of amides is 2. The zero-order valence-corrected chi connectivity index (χ0v) is 13.6. The summed E-state index contributed by atoms with van der Waals surface area (Å²) >= 11 is 1.53. The van der Waals surface area contributed by atoms with Crippen molar-refractivity contribution in [2.75, 3.05) is 20.2 Å². The van der Waals surface area contributed by atoms with E-state index >= 15 is 0 Å². The van der Waals surface area contributed by atoms with Crippen LogP contribution in [0.4, 0.5) is 4.79 Å². The Morgan fingerprint density at radius 2 is 2.33 bits per heavy atom. The van der Waals surface area contributed by atoms with E-state index in [1.807, 2.05) is 26.2 Å². The third-order valence-electron chi connectivity index (χ3n) is 3.55. The van der Waals surface area contributed by atoms with Crippen molar-refractivity contribution in [2.45, 2.75) is 33.4 Å². The van der Waals surface area contributed by atoms with Crippen LogP contribution in [0, 0.1) is 12.8 Å². The van der Waals surface area contributed by atoms with Crippen LogP contribution >= 0.6 is 11.3 Å². The molecule has 0 N–H and O–H groups in total. The van der Waals surface area contributed by atoms with Crippen LogP contribution in [0.15, 0.2) is 5.38 Å². The quantitative estimate of drug-likeness (QED) is 0.833. The second-order valence-electron chi connectivity index (χ2n) is 5.65. The molecule has 21 heavy (non-hydrogen) atoms. The topological polar surface area (TPSA) is 62.7 Å². The molecule has 0 saturated carbocycles. The largest absolute Gasteiger partial charge is 0.447 e.